The molecule has 15 heavy (non-hydrogen) atoms. The van der Waals surface area contributed by atoms with Crippen molar-refractivity contribution in [2.75, 3.05) is 7.05 Å². The Morgan fingerprint density at radius 1 is 1.47 bits per heavy atom. The highest BCUT2D eigenvalue weighted by atomic mass is 79.9. The molecule has 1 aromatic carbocycles. The SMILES string of the molecule is CNS(=O)(=O)c1cc(CCl)cc(Br)c1C. The Balaban J connectivity index is 3.48. The number of benzene rings is 1. The summed E-state index contributed by atoms with van der Waals surface area (Å²) in [7, 11) is -2.04. The van der Waals surface area contributed by atoms with Crippen molar-refractivity contribution in [1.29, 1.82) is 0 Å². The van der Waals surface area contributed by atoms with Gasteiger partial charge in [0.2, 0.25) is 10.0 Å². The number of hydrogen-bond acceptors (Lipinski definition) is 2. The minimum atomic E-state index is -3.42. The van der Waals surface area contributed by atoms with E-state index in [1.807, 2.05) is 6.07 Å². The van der Waals surface area contributed by atoms with Gasteiger partial charge in [0.25, 0.3) is 0 Å². The number of sulfonamides is 1. The van der Waals surface area contributed by atoms with E-state index in [1.54, 1.807) is 13.0 Å². The van der Waals surface area contributed by atoms with Crippen LogP contribution in [-0.2, 0) is 15.9 Å². The number of hydrogen-bond donors (Lipinski definition) is 1. The predicted octanol–water partition coefficient (Wildman–Crippen LogP) is 2.40. The highest BCUT2D eigenvalue weighted by Crippen LogP contribution is 2.26. The first-order valence-electron chi connectivity index (χ1n) is 4.21. The summed E-state index contributed by atoms with van der Waals surface area (Å²) in [6, 6.07) is 3.40. The second-order valence-corrected chi connectivity index (χ2v) is 6.02. The monoisotopic (exact) mass is 311 g/mol. The van der Waals surface area contributed by atoms with E-state index in [2.05, 4.69) is 20.7 Å². The first-order chi connectivity index (χ1) is 6.92. The molecule has 0 radical (unpaired) electrons. The highest BCUT2D eigenvalue weighted by molar-refractivity contribution is 9.10. The third-order valence-electron chi connectivity index (χ3n) is 2.07. The summed E-state index contributed by atoms with van der Waals surface area (Å²) in [5.41, 5.74) is 1.45. The molecule has 0 aliphatic heterocycles. The molecule has 0 heterocycles. The molecule has 0 amide bonds. The van der Waals surface area contributed by atoms with Crippen molar-refractivity contribution >= 4 is 37.6 Å². The average Bonchev–Trinajstić information content (AvgIpc) is 2.21. The fourth-order valence-corrected chi connectivity index (χ4v) is 3.01. The van der Waals surface area contributed by atoms with E-state index in [-0.39, 0.29) is 10.8 Å². The first kappa shape index (κ1) is 13.0. The Morgan fingerprint density at radius 3 is 2.53 bits per heavy atom. The fraction of sp³-hybridized carbons (Fsp3) is 0.333. The average molecular weight is 313 g/mol. The minimum Gasteiger partial charge on any atom is -0.214 e. The molecular weight excluding hydrogens is 302 g/mol. The van der Waals surface area contributed by atoms with Gasteiger partial charge in [0.1, 0.15) is 0 Å². The van der Waals surface area contributed by atoms with E-state index in [4.69, 9.17) is 11.6 Å². The van der Waals surface area contributed by atoms with E-state index >= 15 is 0 Å². The van der Waals surface area contributed by atoms with Crippen molar-refractivity contribution in [3.63, 3.8) is 0 Å². The quantitative estimate of drug-likeness (QED) is 0.871. The number of alkyl halides is 1. The molecule has 0 saturated heterocycles. The van der Waals surface area contributed by atoms with Crippen molar-refractivity contribution < 1.29 is 8.42 Å². The summed E-state index contributed by atoms with van der Waals surface area (Å²) in [6.07, 6.45) is 0. The van der Waals surface area contributed by atoms with Gasteiger partial charge < -0.3 is 0 Å². The molecule has 0 saturated carbocycles. The second kappa shape index (κ2) is 4.82. The third kappa shape index (κ3) is 2.72. The van der Waals surface area contributed by atoms with Crippen LogP contribution >= 0.6 is 27.5 Å². The van der Waals surface area contributed by atoms with Crippen LogP contribution < -0.4 is 4.72 Å². The van der Waals surface area contributed by atoms with E-state index in [9.17, 15) is 8.42 Å². The lowest BCUT2D eigenvalue weighted by molar-refractivity contribution is 0.587. The van der Waals surface area contributed by atoms with Gasteiger partial charge >= 0.3 is 0 Å². The van der Waals surface area contributed by atoms with Crippen molar-refractivity contribution in [2.24, 2.45) is 0 Å². The molecular formula is C9H11BrClNO2S. The van der Waals surface area contributed by atoms with Crippen molar-refractivity contribution in [1.82, 2.24) is 4.72 Å². The third-order valence-corrected chi connectivity index (χ3v) is 4.74. The summed E-state index contributed by atoms with van der Waals surface area (Å²) in [5, 5.41) is 0. The molecule has 1 rings (SSSR count). The van der Waals surface area contributed by atoms with Crippen LogP contribution in [0.1, 0.15) is 11.1 Å². The van der Waals surface area contributed by atoms with E-state index in [0.717, 1.165) is 10.0 Å². The molecule has 0 aliphatic rings. The standard InChI is InChI=1S/C9H11BrClNO2S/c1-6-8(10)3-7(5-11)4-9(6)15(13,14)12-2/h3-4,12H,5H2,1-2H3. The first-order valence-corrected chi connectivity index (χ1v) is 7.02. The van der Waals surface area contributed by atoms with Crippen LogP contribution in [0.25, 0.3) is 0 Å². The molecule has 0 atom stereocenters. The predicted molar refractivity (Wildman–Crippen MR) is 64.7 cm³/mol. The van der Waals surface area contributed by atoms with Gasteiger partial charge in [-0.05, 0) is 37.2 Å². The fourth-order valence-electron chi connectivity index (χ4n) is 1.17. The Labute approximate surface area is 103 Å². The zero-order chi connectivity index (χ0) is 11.6. The molecule has 3 nitrogen and oxygen atoms in total. The van der Waals surface area contributed by atoms with Crippen LogP contribution in [0.5, 0.6) is 0 Å². The van der Waals surface area contributed by atoms with E-state index < -0.39 is 10.0 Å². The summed E-state index contributed by atoms with van der Waals surface area (Å²) in [6.45, 7) is 1.74. The van der Waals surface area contributed by atoms with Crippen LogP contribution in [0.4, 0.5) is 0 Å². The van der Waals surface area contributed by atoms with Crippen LogP contribution in [0.15, 0.2) is 21.5 Å². The molecule has 0 fully saturated rings. The zero-order valence-corrected chi connectivity index (χ0v) is 11.5. The molecule has 1 N–H and O–H groups in total. The summed E-state index contributed by atoms with van der Waals surface area (Å²) in [4.78, 5) is 0.259. The molecule has 84 valence electrons. The molecule has 0 aromatic heterocycles. The minimum absolute atomic E-state index is 0.259. The summed E-state index contributed by atoms with van der Waals surface area (Å²) >= 11 is 8.99. The van der Waals surface area contributed by atoms with Gasteiger partial charge in [0.15, 0.2) is 0 Å². The lowest BCUT2D eigenvalue weighted by atomic mass is 10.2. The van der Waals surface area contributed by atoms with Gasteiger partial charge in [-0.15, -0.1) is 11.6 Å². The topological polar surface area (TPSA) is 46.2 Å². The molecule has 0 spiro atoms. The lowest BCUT2D eigenvalue weighted by Crippen LogP contribution is -2.20. The smallest absolute Gasteiger partial charge is 0.214 e. The van der Waals surface area contributed by atoms with Crippen LogP contribution in [-0.4, -0.2) is 15.5 Å². The second-order valence-electron chi connectivity index (χ2n) is 3.04. The normalized spacial score (nSPS) is 11.7. The Morgan fingerprint density at radius 2 is 2.07 bits per heavy atom. The van der Waals surface area contributed by atoms with Crippen LogP contribution in [0.3, 0.4) is 0 Å². The van der Waals surface area contributed by atoms with Crippen LogP contribution in [0, 0.1) is 6.92 Å². The van der Waals surface area contributed by atoms with Gasteiger partial charge in [-0.2, -0.15) is 0 Å². The summed E-state index contributed by atoms with van der Waals surface area (Å²) < 4.78 is 26.4. The highest BCUT2D eigenvalue weighted by Gasteiger charge is 2.17. The van der Waals surface area contributed by atoms with Gasteiger partial charge in [0.05, 0.1) is 4.90 Å². The summed E-state index contributed by atoms with van der Waals surface area (Å²) in [5.74, 6) is 0.283. The molecule has 0 unspecified atom stereocenters. The Kier molecular flexibility index (Phi) is 4.17. The van der Waals surface area contributed by atoms with Crippen molar-refractivity contribution in [3.8, 4) is 0 Å². The Bertz CT molecular complexity index is 473. The Hall–Kier alpha value is -0.100. The van der Waals surface area contributed by atoms with Crippen molar-refractivity contribution in [3.05, 3.63) is 27.7 Å². The van der Waals surface area contributed by atoms with Gasteiger partial charge in [-0.3, -0.25) is 0 Å². The van der Waals surface area contributed by atoms with E-state index in [1.165, 1.54) is 7.05 Å². The number of rotatable bonds is 3. The maximum Gasteiger partial charge on any atom is 0.240 e. The maximum absolute atomic E-state index is 11.7. The maximum atomic E-state index is 11.7. The molecule has 1 aromatic rings. The van der Waals surface area contributed by atoms with Gasteiger partial charge in [-0.1, -0.05) is 15.9 Å². The molecule has 0 bridgehead atoms. The van der Waals surface area contributed by atoms with Crippen LogP contribution in [0.2, 0.25) is 0 Å². The van der Waals surface area contributed by atoms with Crippen molar-refractivity contribution in [2.45, 2.75) is 17.7 Å². The van der Waals surface area contributed by atoms with E-state index in [0.29, 0.717) is 5.56 Å². The van der Waals surface area contributed by atoms with Gasteiger partial charge in [0, 0.05) is 10.4 Å². The largest absolute Gasteiger partial charge is 0.240 e. The zero-order valence-electron chi connectivity index (χ0n) is 8.34. The molecule has 0 aliphatic carbocycles. The number of nitrogens with one attached hydrogen (secondary N) is 1. The number of halogens is 2. The van der Waals surface area contributed by atoms with Gasteiger partial charge in [-0.25, -0.2) is 13.1 Å². The molecule has 6 heteroatoms. The lowest BCUT2D eigenvalue weighted by Gasteiger charge is -2.10.